The average molecular weight is 375 g/mol. The number of hydrogen-bond acceptors (Lipinski definition) is 3. The van der Waals surface area contributed by atoms with Gasteiger partial charge in [-0.15, -0.1) is 0 Å². The quantitative estimate of drug-likeness (QED) is 0.861. The maximum absolute atomic E-state index is 13.1. The number of anilines is 1. The molecule has 2 fully saturated rings. The van der Waals surface area contributed by atoms with Crippen molar-refractivity contribution >= 4 is 17.5 Å². The highest BCUT2D eigenvalue weighted by Crippen LogP contribution is 2.27. The van der Waals surface area contributed by atoms with Gasteiger partial charge in [0.2, 0.25) is 11.8 Å². The monoisotopic (exact) mass is 375 g/mol. The van der Waals surface area contributed by atoms with Crippen molar-refractivity contribution in [3.8, 4) is 0 Å². The van der Waals surface area contributed by atoms with Crippen LogP contribution in [0, 0.1) is 23.6 Å². The number of nitrogens with zero attached hydrogens (tertiary/aromatic N) is 2. The molecular weight excluding hydrogens is 345 g/mol. The number of benzene rings is 1. The third kappa shape index (κ3) is 5.28. The number of piperidine rings is 1. The van der Waals surface area contributed by atoms with Crippen LogP contribution < -0.4 is 5.32 Å². The highest BCUT2D eigenvalue weighted by atomic mass is 19.1. The second-order valence-corrected chi connectivity index (χ2v) is 8.27. The molecule has 2 atom stereocenters. The first-order chi connectivity index (χ1) is 12.9. The van der Waals surface area contributed by atoms with Gasteiger partial charge in [0.1, 0.15) is 5.82 Å². The summed E-state index contributed by atoms with van der Waals surface area (Å²) in [5.41, 5.74) is 0.588. The van der Waals surface area contributed by atoms with Crippen molar-refractivity contribution in [2.45, 2.75) is 33.1 Å². The molecule has 6 heteroatoms. The highest BCUT2D eigenvalue weighted by Gasteiger charge is 2.37. The van der Waals surface area contributed by atoms with Gasteiger partial charge >= 0.3 is 0 Å². The number of rotatable bonds is 5. The van der Waals surface area contributed by atoms with Crippen LogP contribution in [0.5, 0.6) is 0 Å². The molecule has 2 aliphatic rings. The van der Waals surface area contributed by atoms with Gasteiger partial charge in [-0.25, -0.2) is 4.39 Å². The van der Waals surface area contributed by atoms with E-state index in [4.69, 9.17) is 0 Å². The second kappa shape index (κ2) is 8.83. The predicted octanol–water partition coefficient (Wildman–Crippen LogP) is 2.98. The first-order valence-corrected chi connectivity index (χ1v) is 10.00. The number of likely N-dealkylation sites (tertiary alicyclic amines) is 2. The van der Waals surface area contributed by atoms with E-state index in [9.17, 15) is 14.0 Å². The molecule has 1 N–H and O–H groups in total. The minimum atomic E-state index is -0.329. The summed E-state index contributed by atoms with van der Waals surface area (Å²) in [4.78, 5) is 29.9. The molecule has 2 amide bonds. The van der Waals surface area contributed by atoms with E-state index in [1.54, 1.807) is 12.1 Å². The Morgan fingerprint density at radius 3 is 2.37 bits per heavy atom. The largest absolute Gasteiger partial charge is 0.342 e. The van der Waals surface area contributed by atoms with E-state index in [1.165, 1.54) is 12.1 Å². The Bertz CT molecular complexity index is 656. The molecule has 0 aliphatic carbocycles. The van der Waals surface area contributed by atoms with Crippen LogP contribution in [0.15, 0.2) is 24.3 Å². The molecular formula is C21H30FN3O2. The van der Waals surface area contributed by atoms with E-state index >= 15 is 0 Å². The minimum Gasteiger partial charge on any atom is -0.342 e. The van der Waals surface area contributed by atoms with Gasteiger partial charge in [-0.3, -0.25) is 9.59 Å². The Kier molecular flexibility index (Phi) is 6.47. The zero-order valence-corrected chi connectivity index (χ0v) is 16.3. The van der Waals surface area contributed by atoms with Gasteiger partial charge < -0.3 is 15.1 Å². The third-order valence-corrected chi connectivity index (χ3v) is 5.40. The van der Waals surface area contributed by atoms with Crippen LogP contribution in [0.4, 0.5) is 10.1 Å². The van der Waals surface area contributed by atoms with E-state index in [1.807, 2.05) is 4.90 Å². The summed E-state index contributed by atoms with van der Waals surface area (Å²) in [6, 6.07) is 5.80. The summed E-state index contributed by atoms with van der Waals surface area (Å²) < 4.78 is 13.1. The van der Waals surface area contributed by atoms with Gasteiger partial charge in [0, 0.05) is 38.4 Å². The normalized spacial score (nSPS) is 23.6. The van der Waals surface area contributed by atoms with E-state index in [-0.39, 0.29) is 29.5 Å². The third-order valence-electron chi connectivity index (χ3n) is 5.40. The van der Waals surface area contributed by atoms with Gasteiger partial charge in [0.15, 0.2) is 0 Å². The second-order valence-electron chi connectivity index (χ2n) is 8.27. The number of halogens is 1. The predicted molar refractivity (Wildman–Crippen MR) is 104 cm³/mol. The van der Waals surface area contributed by atoms with Crippen molar-refractivity contribution in [2.75, 3.05) is 38.0 Å². The van der Waals surface area contributed by atoms with Gasteiger partial charge in [-0.05, 0) is 49.4 Å². The molecule has 1 aromatic carbocycles. The molecule has 0 radical (unpaired) electrons. The molecule has 0 saturated carbocycles. The molecule has 1 aromatic rings. The summed E-state index contributed by atoms with van der Waals surface area (Å²) in [6.45, 7) is 8.25. The molecule has 0 unspecified atom stereocenters. The number of hydrogen-bond donors (Lipinski definition) is 1. The van der Waals surface area contributed by atoms with E-state index < -0.39 is 0 Å². The molecule has 3 rings (SSSR count). The lowest BCUT2D eigenvalue weighted by Crippen LogP contribution is -2.50. The molecule has 2 heterocycles. The average Bonchev–Trinajstić information content (AvgIpc) is 3.17. The maximum atomic E-state index is 13.1. The van der Waals surface area contributed by atoms with Crippen molar-refractivity contribution < 1.29 is 14.0 Å². The first kappa shape index (κ1) is 19.8. The lowest BCUT2D eigenvalue weighted by molar-refractivity contribution is -0.138. The molecule has 0 bridgehead atoms. The lowest BCUT2D eigenvalue weighted by Gasteiger charge is -2.38. The standard InChI is InChI=1S/C21H30FN3O2/c1-15(2)12-24-13-16(20(26)23-19-7-5-18(22)6-8-19)11-17(14-24)21(27)25-9-3-4-10-25/h5-8,15-17H,3-4,9-14H2,1-2H3,(H,23,26)/t16-,17+/m1/s1. The number of carbonyl (C=O) groups is 2. The molecule has 2 aliphatic heterocycles. The maximum Gasteiger partial charge on any atom is 0.228 e. The summed E-state index contributed by atoms with van der Waals surface area (Å²) in [6.07, 6.45) is 2.72. The van der Waals surface area contributed by atoms with Crippen LogP contribution in [0.25, 0.3) is 0 Å². The summed E-state index contributed by atoms with van der Waals surface area (Å²) in [7, 11) is 0. The van der Waals surface area contributed by atoms with Gasteiger partial charge in [-0.1, -0.05) is 13.8 Å². The van der Waals surface area contributed by atoms with Gasteiger partial charge in [0.05, 0.1) is 11.8 Å². The SMILES string of the molecule is CC(C)CN1C[C@H](C(=O)Nc2ccc(F)cc2)C[C@H](C(=O)N2CCCC2)C1. The fourth-order valence-electron chi connectivity index (χ4n) is 4.20. The molecule has 148 valence electrons. The van der Waals surface area contributed by atoms with Crippen molar-refractivity contribution in [1.82, 2.24) is 9.80 Å². The summed E-state index contributed by atoms with van der Waals surface area (Å²) in [5.74, 6) is -0.106. The Balaban J connectivity index is 1.68. The summed E-state index contributed by atoms with van der Waals surface area (Å²) >= 11 is 0. The minimum absolute atomic E-state index is 0.0886. The van der Waals surface area contributed by atoms with Crippen molar-refractivity contribution in [3.63, 3.8) is 0 Å². The van der Waals surface area contributed by atoms with Crippen molar-refractivity contribution in [3.05, 3.63) is 30.1 Å². The summed E-state index contributed by atoms with van der Waals surface area (Å²) in [5, 5.41) is 2.88. The fourth-order valence-corrected chi connectivity index (χ4v) is 4.20. The van der Waals surface area contributed by atoms with Crippen molar-refractivity contribution in [1.29, 1.82) is 0 Å². The molecule has 0 spiro atoms. The van der Waals surface area contributed by atoms with E-state index in [2.05, 4.69) is 24.1 Å². The van der Waals surface area contributed by atoms with Crippen LogP contribution >= 0.6 is 0 Å². The van der Waals surface area contributed by atoms with Crippen LogP contribution in [0.2, 0.25) is 0 Å². The zero-order chi connectivity index (χ0) is 19.4. The number of nitrogens with one attached hydrogen (secondary N) is 1. The number of amides is 2. The highest BCUT2D eigenvalue weighted by molar-refractivity contribution is 5.93. The van der Waals surface area contributed by atoms with Crippen molar-refractivity contribution in [2.24, 2.45) is 17.8 Å². The van der Waals surface area contributed by atoms with E-state index in [0.29, 0.717) is 24.6 Å². The molecule has 5 nitrogen and oxygen atoms in total. The fraction of sp³-hybridized carbons (Fsp3) is 0.619. The lowest BCUT2D eigenvalue weighted by atomic mass is 9.87. The van der Waals surface area contributed by atoms with Crippen LogP contribution in [0.3, 0.4) is 0 Å². The molecule has 2 saturated heterocycles. The smallest absolute Gasteiger partial charge is 0.228 e. The van der Waals surface area contributed by atoms with Crippen LogP contribution in [0.1, 0.15) is 33.1 Å². The van der Waals surface area contributed by atoms with Crippen LogP contribution in [-0.2, 0) is 9.59 Å². The Morgan fingerprint density at radius 1 is 1.11 bits per heavy atom. The number of carbonyl (C=O) groups excluding carboxylic acids is 2. The van der Waals surface area contributed by atoms with Gasteiger partial charge in [0.25, 0.3) is 0 Å². The molecule has 27 heavy (non-hydrogen) atoms. The zero-order valence-electron chi connectivity index (χ0n) is 16.3. The topological polar surface area (TPSA) is 52.7 Å². The van der Waals surface area contributed by atoms with Crippen LogP contribution in [-0.4, -0.2) is 54.3 Å². The first-order valence-electron chi connectivity index (χ1n) is 10.00. The Hall–Kier alpha value is -1.95. The van der Waals surface area contributed by atoms with E-state index in [0.717, 1.165) is 39.0 Å². The van der Waals surface area contributed by atoms with Gasteiger partial charge in [-0.2, -0.15) is 0 Å². The Labute approximate surface area is 160 Å². The molecule has 0 aromatic heterocycles. The Morgan fingerprint density at radius 2 is 1.74 bits per heavy atom.